The molecular formula is C10H11BrO. The monoisotopic (exact) mass is 226 g/mol. The zero-order valence-electron chi connectivity index (χ0n) is 6.70. The quantitative estimate of drug-likeness (QED) is 0.786. The Morgan fingerprint density at radius 1 is 1.50 bits per heavy atom. The second-order valence-electron chi connectivity index (χ2n) is 2.56. The van der Waals surface area contributed by atoms with Crippen molar-refractivity contribution < 1.29 is 5.11 Å². The van der Waals surface area contributed by atoms with E-state index in [9.17, 15) is 5.11 Å². The van der Waals surface area contributed by atoms with E-state index in [-0.39, 0.29) is 0 Å². The van der Waals surface area contributed by atoms with Gasteiger partial charge in [-0.1, -0.05) is 40.2 Å². The lowest BCUT2D eigenvalue weighted by atomic mass is 10.1. The van der Waals surface area contributed by atoms with Crippen molar-refractivity contribution in [2.24, 2.45) is 0 Å². The highest BCUT2D eigenvalue weighted by atomic mass is 79.9. The number of benzene rings is 1. The van der Waals surface area contributed by atoms with E-state index in [1.807, 2.05) is 24.3 Å². The molecule has 1 N–H and O–H groups in total. The first-order valence-corrected chi connectivity index (χ1v) is 4.58. The largest absolute Gasteiger partial charge is 0.388 e. The van der Waals surface area contributed by atoms with Crippen molar-refractivity contribution in [2.75, 3.05) is 0 Å². The zero-order valence-corrected chi connectivity index (χ0v) is 8.29. The van der Waals surface area contributed by atoms with Gasteiger partial charge in [-0.05, 0) is 18.1 Å². The number of aliphatic hydroxyl groups is 1. The van der Waals surface area contributed by atoms with Gasteiger partial charge in [-0.25, -0.2) is 0 Å². The topological polar surface area (TPSA) is 20.2 Å². The Morgan fingerprint density at radius 2 is 2.17 bits per heavy atom. The van der Waals surface area contributed by atoms with Crippen LogP contribution >= 0.6 is 15.9 Å². The van der Waals surface area contributed by atoms with Crippen molar-refractivity contribution >= 4 is 15.9 Å². The minimum absolute atomic E-state index is 0.446. The van der Waals surface area contributed by atoms with E-state index in [1.165, 1.54) is 0 Å². The van der Waals surface area contributed by atoms with E-state index >= 15 is 0 Å². The third kappa shape index (κ3) is 2.19. The van der Waals surface area contributed by atoms with Crippen molar-refractivity contribution in [2.45, 2.75) is 12.5 Å². The molecule has 0 saturated heterocycles. The van der Waals surface area contributed by atoms with Gasteiger partial charge in [0.25, 0.3) is 0 Å². The SMILES string of the molecule is C=CC[C@H](O)c1ccccc1Br. The van der Waals surface area contributed by atoms with Gasteiger partial charge in [0.2, 0.25) is 0 Å². The van der Waals surface area contributed by atoms with Crippen LogP contribution in [0.4, 0.5) is 0 Å². The molecule has 0 amide bonds. The lowest BCUT2D eigenvalue weighted by molar-refractivity contribution is 0.181. The molecule has 1 aromatic rings. The normalized spacial score (nSPS) is 12.5. The van der Waals surface area contributed by atoms with Crippen molar-refractivity contribution in [3.8, 4) is 0 Å². The molecule has 1 nitrogen and oxygen atoms in total. The van der Waals surface area contributed by atoms with Crippen molar-refractivity contribution in [3.05, 3.63) is 47.0 Å². The van der Waals surface area contributed by atoms with Gasteiger partial charge in [-0.15, -0.1) is 6.58 Å². The molecule has 0 fully saturated rings. The number of hydrogen-bond donors (Lipinski definition) is 1. The number of aliphatic hydroxyl groups excluding tert-OH is 1. The lowest BCUT2D eigenvalue weighted by Crippen LogP contribution is -1.95. The molecule has 0 bridgehead atoms. The summed E-state index contributed by atoms with van der Waals surface area (Å²) in [6.45, 7) is 3.58. The molecule has 0 aliphatic heterocycles. The lowest BCUT2D eigenvalue weighted by Gasteiger charge is -2.09. The standard InChI is InChI=1S/C10H11BrO/c1-2-5-10(12)8-6-3-4-7-9(8)11/h2-4,6-7,10,12H,1,5H2/t10-/m0/s1. The van der Waals surface area contributed by atoms with Gasteiger partial charge in [-0.3, -0.25) is 0 Å². The van der Waals surface area contributed by atoms with Gasteiger partial charge in [-0.2, -0.15) is 0 Å². The first kappa shape index (κ1) is 9.49. The molecule has 0 heterocycles. The molecule has 0 radical (unpaired) electrons. The van der Waals surface area contributed by atoms with Crippen LogP contribution in [0.5, 0.6) is 0 Å². The van der Waals surface area contributed by atoms with E-state index in [4.69, 9.17) is 0 Å². The molecule has 1 atom stereocenters. The average Bonchev–Trinajstić information content (AvgIpc) is 2.05. The highest BCUT2D eigenvalue weighted by Crippen LogP contribution is 2.24. The van der Waals surface area contributed by atoms with Crippen LogP contribution in [0.2, 0.25) is 0 Å². The Balaban J connectivity index is 2.86. The zero-order chi connectivity index (χ0) is 8.97. The second kappa shape index (κ2) is 4.43. The molecule has 1 aromatic carbocycles. The second-order valence-corrected chi connectivity index (χ2v) is 3.42. The third-order valence-corrected chi connectivity index (χ3v) is 2.38. The average molecular weight is 227 g/mol. The van der Waals surface area contributed by atoms with Crippen LogP contribution in [-0.4, -0.2) is 5.11 Å². The highest BCUT2D eigenvalue weighted by Gasteiger charge is 2.07. The van der Waals surface area contributed by atoms with Crippen LogP contribution in [0.1, 0.15) is 18.1 Å². The van der Waals surface area contributed by atoms with Crippen molar-refractivity contribution in [1.82, 2.24) is 0 Å². The minimum atomic E-state index is -0.446. The summed E-state index contributed by atoms with van der Waals surface area (Å²) < 4.78 is 0.944. The summed E-state index contributed by atoms with van der Waals surface area (Å²) in [6.07, 6.45) is 1.85. The third-order valence-electron chi connectivity index (χ3n) is 1.65. The summed E-state index contributed by atoms with van der Waals surface area (Å²) in [5.74, 6) is 0. The van der Waals surface area contributed by atoms with E-state index in [1.54, 1.807) is 6.08 Å². The van der Waals surface area contributed by atoms with E-state index in [0.29, 0.717) is 6.42 Å². The van der Waals surface area contributed by atoms with E-state index in [2.05, 4.69) is 22.5 Å². The first-order chi connectivity index (χ1) is 5.75. The number of hydrogen-bond acceptors (Lipinski definition) is 1. The Bertz CT molecular complexity index is 270. The summed E-state index contributed by atoms with van der Waals surface area (Å²) in [5.41, 5.74) is 0.914. The molecule has 0 aliphatic carbocycles. The maximum Gasteiger partial charge on any atom is 0.0835 e. The molecule has 0 unspecified atom stereocenters. The molecular weight excluding hydrogens is 216 g/mol. The first-order valence-electron chi connectivity index (χ1n) is 3.79. The van der Waals surface area contributed by atoms with E-state index < -0.39 is 6.10 Å². The fraction of sp³-hybridized carbons (Fsp3) is 0.200. The molecule has 64 valence electrons. The molecule has 0 aromatic heterocycles. The molecule has 1 rings (SSSR count). The van der Waals surface area contributed by atoms with Crippen LogP contribution in [0.15, 0.2) is 41.4 Å². The molecule has 0 spiro atoms. The molecule has 0 aliphatic rings. The Hall–Kier alpha value is -0.600. The van der Waals surface area contributed by atoms with Crippen molar-refractivity contribution in [1.29, 1.82) is 0 Å². The van der Waals surface area contributed by atoms with Gasteiger partial charge < -0.3 is 5.11 Å². The maximum atomic E-state index is 9.60. The fourth-order valence-electron chi connectivity index (χ4n) is 1.03. The fourth-order valence-corrected chi connectivity index (χ4v) is 1.58. The predicted molar refractivity (Wildman–Crippen MR) is 53.9 cm³/mol. The summed E-state index contributed by atoms with van der Waals surface area (Å²) >= 11 is 3.37. The summed E-state index contributed by atoms with van der Waals surface area (Å²) in [4.78, 5) is 0. The van der Waals surface area contributed by atoms with Gasteiger partial charge in [0.15, 0.2) is 0 Å². The highest BCUT2D eigenvalue weighted by molar-refractivity contribution is 9.10. The van der Waals surface area contributed by atoms with Crippen LogP contribution in [0.25, 0.3) is 0 Å². The van der Waals surface area contributed by atoms with Gasteiger partial charge in [0, 0.05) is 4.47 Å². The Labute approximate surface area is 80.9 Å². The Kier molecular flexibility index (Phi) is 3.50. The van der Waals surface area contributed by atoms with E-state index in [0.717, 1.165) is 10.0 Å². The van der Waals surface area contributed by atoms with Crippen LogP contribution in [0.3, 0.4) is 0 Å². The van der Waals surface area contributed by atoms with Gasteiger partial charge in [0.1, 0.15) is 0 Å². The molecule has 2 heteroatoms. The summed E-state index contributed by atoms with van der Waals surface area (Å²) in [6, 6.07) is 7.65. The molecule has 12 heavy (non-hydrogen) atoms. The minimum Gasteiger partial charge on any atom is -0.388 e. The van der Waals surface area contributed by atoms with Crippen molar-refractivity contribution in [3.63, 3.8) is 0 Å². The van der Waals surface area contributed by atoms with Crippen LogP contribution in [0, 0.1) is 0 Å². The smallest absolute Gasteiger partial charge is 0.0835 e. The maximum absolute atomic E-state index is 9.60. The van der Waals surface area contributed by atoms with Gasteiger partial charge in [0.05, 0.1) is 6.10 Å². The number of halogens is 1. The Morgan fingerprint density at radius 3 is 2.75 bits per heavy atom. The number of rotatable bonds is 3. The molecule has 0 saturated carbocycles. The van der Waals surface area contributed by atoms with Gasteiger partial charge >= 0.3 is 0 Å². The van der Waals surface area contributed by atoms with Crippen LogP contribution < -0.4 is 0 Å². The summed E-state index contributed by atoms with van der Waals surface area (Å²) in [7, 11) is 0. The van der Waals surface area contributed by atoms with Crippen LogP contribution in [-0.2, 0) is 0 Å². The predicted octanol–water partition coefficient (Wildman–Crippen LogP) is 3.06. The summed E-state index contributed by atoms with van der Waals surface area (Å²) in [5, 5.41) is 9.60.